The molecule has 2 N–H and O–H groups in total. The van der Waals surface area contributed by atoms with Gasteiger partial charge in [0.2, 0.25) is 0 Å². The molecule has 1 aliphatic rings. The molecule has 0 amide bonds. The van der Waals surface area contributed by atoms with Crippen molar-refractivity contribution in [3.8, 4) is 5.75 Å². The van der Waals surface area contributed by atoms with Gasteiger partial charge in [0.25, 0.3) is 0 Å². The molecule has 1 saturated carbocycles. The summed E-state index contributed by atoms with van der Waals surface area (Å²) in [5, 5.41) is 0. The Kier molecular flexibility index (Phi) is 9.44. The molecule has 2 rings (SSSR count). The lowest BCUT2D eigenvalue weighted by molar-refractivity contribution is 0.209. The maximum absolute atomic E-state index is 5.77. The van der Waals surface area contributed by atoms with Gasteiger partial charge in [0.05, 0.1) is 12.3 Å². The molecule has 17 heavy (non-hydrogen) atoms. The zero-order valence-electron chi connectivity index (χ0n) is 11.6. The Hall–Kier alpha value is -1.09. The van der Waals surface area contributed by atoms with Crippen molar-refractivity contribution in [3.05, 3.63) is 24.0 Å². The number of nitrogens with two attached hydrogens (primary N) is 1. The molecule has 0 unspecified atom stereocenters. The highest BCUT2D eigenvalue weighted by Crippen LogP contribution is 2.23. The third-order valence-corrected chi connectivity index (χ3v) is 2.49. The van der Waals surface area contributed by atoms with Crippen LogP contribution in [0.3, 0.4) is 0 Å². The second kappa shape index (κ2) is 10.1. The Morgan fingerprint density at radius 1 is 1.18 bits per heavy atom. The molecule has 1 aromatic rings. The van der Waals surface area contributed by atoms with Crippen LogP contribution in [0.5, 0.6) is 5.75 Å². The third-order valence-electron chi connectivity index (χ3n) is 2.49. The van der Waals surface area contributed by atoms with Gasteiger partial charge in [0.15, 0.2) is 0 Å². The highest BCUT2D eigenvalue weighted by atomic mass is 16.5. The Balaban J connectivity index is 0.000000581. The normalized spacial score (nSPS) is 14.2. The average Bonchev–Trinajstić information content (AvgIpc) is 2.90. The summed E-state index contributed by atoms with van der Waals surface area (Å²) in [5.74, 6) is 0.914. The van der Waals surface area contributed by atoms with Gasteiger partial charge in [-0.1, -0.05) is 13.8 Å². The Labute approximate surface area is 105 Å². The molecule has 1 heterocycles. The summed E-state index contributed by atoms with van der Waals surface area (Å²) in [7, 11) is 1.50. The standard InChI is InChI=1S/C11H15NO.C2H6.CH5N/c1-9-6-7-11(8-12-9)13-10-4-2-3-5-10;2*1-2/h6-8,10H,2-5H2,1H3;1-2H3;2H2,1H3. The lowest BCUT2D eigenvalue weighted by Gasteiger charge is -2.12. The largest absolute Gasteiger partial charge is 0.489 e. The van der Waals surface area contributed by atoms with Gasteiger partial charge < -0.3 is 10.5 Å². The number of rotatable bonds is 2. The summed E-state index contributed by atoms with van der Waals surface area (Å²) in [4.78, 5) is 4.20. The molecule has 1 fully saturated rings. The van der Waals surface area contributed by atoms with Crippen molar-refractivity contribution < 1.29 is 4.74 Å². The maximum Gasteiger partial charge on any atom is 0.138 e. The zero-order valence-corrected chi connectivity index (χ0v) is 11.6. The minimum atomic E-state index is 0.435. The highest BCUT2D eigenvalue weighted by molar-refractivity contribution is 5.19. The summed E-state index contributed by atoms with van der Waals surface area (Å²) in [5.41, 5.74) is 5.54. The van der Waals surface area contributed by atoms with Crippen molar-refractivity contribution in [3.63, 3.8) is 0 Å². The topological polar surface area (TPSA) is 48.1 Å². The third kappa shape index (κ3) is 6.27. The first-order valence-corrected chi connectivity index (χ1v) is 6.51. The van der Waals surface area contributed by atoms with Gasteiger partial charge in [-0.15, -0.1) is 0 Å². The van der Waals surface area contributed by atoms with E-state index < -0.39 is 0 Å². The predicted molar refractivity (Wildman–Crippen MR) is 73.3 cm³/mol. The summed E-state index contributed by atoms with van der Waals surface area (Å²) < 4.78 is 5.77. The van der Waals surface area contributed by atoms with Crippen LogP contribution in [-0.2, 0) is 0 Å². The number of nitrogens with zero attached hydrogens (tertiary/aromatic N) is 1. The van der Waals surface area contributed by atoms with E-state index in [2.05, 4.69) is 10.7 Å². The molecule has 98 valence electrons. The minimum Gasteiger partial charge on any atom is -0.489 e. The number of aromatic nitrogens is 1. The molecule has 0 aromatic carbocycles. The van der Waals surface area contributed by atoms with E-state index in [1.165, 1.54) is 32.7 Å². The van der Waals surface area contributed by atoms with Gasteiger partial charge >= 0.3 is 0 Å². The van der Waals surface area contributed by atoms with Crippen LogP contribution in [0.2, 0.25) is 0 Å². The van der Waals surface area contributed by atoms with Gasteiger partial charge in [0, 0.05) is 5.69 Å². The van der Waals surface area contributed by atoms with Crippen molar-refractivity contribution in [1.82, 2.24) is 4.98 Å². The van der Waals surface area contributed by atoms with Crippen molar-refractivity contribution in [2.45, 2.75) is 52.6 Å². The lowest BCUT2D eigenvalue weighted by Crippen LogP contribution is -2.10. The number of hydrogen-bond donors (Lipinski definition) is 1. The van der Waals surface area contributed by atoms with Crippen LogP contribution in [0.15, 0.2) is 18.3 Å². The molecule has 1 aliphatic carbocycles. The van der Waals surface area contributed by atoms with Crippen molar-refractivity contribution >= 4 is 0 Å². The van der Waals surface area contributed by atoms with Gasteiger partial charge in [0.1, 0.15) is 5.75 Å². The van der Waals surface area contributed by atoms with Gasteiger partial charge in [-0.2, -0.15) is 0 Å². The van der Waals surface area contributed by atoms with E-state index in [1.54, 1.807) is 0 Å². The molecule has 1 aromatic heterocycles. The summed E-state index contributed by atoms with van der Waals surface area (Å²) in [6.07, 6.45) is 7.27. The smallest absolute Gasteiger partial charge is 0.138 e. The van der Waals surface area contributed by atoms with Gasteiger partial charge in [-0.25, -0.2) is 0 Å². The fourth-order valence-corrected chi connectivity index (χ4v) is 1.72. The summed E-state index contributed by atoms with van der Waals surface area (Å²) in [6.45, 7) is 5.99. The molecule has 0 spiro atoms. The van der Waals surface area contributed by atoms with Crippen LogP contribution >= 0.6 is 0 Å². The van der Waals surface area contributed by atoms with E-state index in [-0.39, 0.29) is 0 Å². The lowest BCUT2D eigenvalue weighted by atomic mass is 10.3. The predicted octanol–water partition coefficient (Wildman–Crippen LogP) is 3.31. The fraction of sp³-hybridized carbons (Fsp3) is 0.643. The van der Waals surface area contributed by atoms with Crippen LogP contribution in [-0.4, -0.2) is 18.1 Å². The molecule has 0 bridgehead atoms. The van der Waals surface area contributed by atoms with Gasteiger partial charge in [-0.05, 0) is 51.8 Å². The summed E-state index contributed by atoms with van der Waals surface area (Å²) in [6, 6.07) is 3.99. The molecule has 0 radical (unpaired) electrons. The van der Waals surface area contributed by atoms with Crippen molar-refractivity contribution in [2.24, 2.45) is 5.73 Å². The number of ether oxygens (including phenoxy) is 1. The zero-order chi connectivity index (χ0) is 13.1. The molecule has 0 saturated heterocycles. The number of hydrogen-bond acceptors (Lipinski definition) is 3. The average molecular weight is 238 g/mol. The molecule has 3 heteroatoms. The van der Waals surface area contributed by atoms with E-state index in [0.29, 0.717) is 6.10 Å². The van der Waals surface area contributed by atoms with Crippen LogP contribution in [0, 0.1) is 6.92 Å². The van der Waals surface area contributed by atoms with E-state index in [9.17, 15) is 0 Å². The van der Waals surface area contributed by atoms with Crippen molar-refractivity contribution in [1.29, 1.82) is 0 Å². The minimum absolute atomic E-state index is 0.435. The molecular formula is C14H26N2O. The first-order valence-electron chi connectivity index (χ1n) is 6.51. The first kappa shape index (κ1) is 15.9. The first-order chi connectivity index (χ1) is 8.34. The van der Waals surface area contributed by atoms with E-state index >= 15 is 0 Å². The number of aryl methyl sites for hydroxylation is 1. The van der Waals surface area contributed by atoms with E-state index in [0.717, 1.165) is 11.4 Å². The van der Waals surface area contributed by atoms with Crippen LogP contribution < -0.4 is 10.5 Å². The Bertz CT molecular complexity index is 266. The molecule has 0 atom stereocenters. The fourth-order valence-electron chi connectivity index (χ4n) is 1.72. The van der Waals surface area contributed by atoms with Crippen molar-refractivity contribution in [2.75, 3.05) is 7.05 Å². The molecular weight excluding hydrogens is 212 g/mol. The second-order valence-electron chi connectivity index (χ2n) is 3.66. The monoisotopic (exact) mass is 238 g/mol. The maximum atomic E-state index is 5.77. The van der Waals surface area contributed by atoms with E-state index in [1.807, 2.05) is 39.1 Å². The quantitative estimate of drug-likeness (QED) is 0.860. The van der Waals surface area contributed by atoms with Gasteiger partial charge in [-0.3, -0.25) is 4.98 Å². The number of pyridine rings is 1. The van der Waals surface area contributed by atoms with E-state index in [4.69, 9.17) is 4.74 Å². The molecule has 3 nitrogen and oxygen atoms in total. The SMILES string of the molecule is CC.CN.Cc1ccc(OC2CCCC2)cn1. The Morgan fingerprint density at radius 2 is 1.76 bits per heavy atom. The highest BCUT2D eigenvalue weighted by Gasteiger charge is 2.16. The van der Waals surface area contributed by atoms with Crippen LogP contribution in [0.25, 0.3) is 0 Å². The molecule has 0 aliphatic heterocycles. The van der Waals surface area contributed by atoms with Crippen LogP contribution in [0.4, 0.5) is 0 Å². The Morgan fingerprint density at radius 3 is 2.24 bits per heavy atom. The summed E-state index contributed by atoms with van der Waals surface area (Å²) >= 11 is 0. The van der Waals surface area contributed by atoms with Crippen LogP contribution in [0.1, 0.15) is 45.2 Å². The second-order valence-corrected chi connectivity index (χ2v) is 3.66.